The van der Waals surface area contributed by atoms with Crippen LogP contribution in [-0.2, 0) is 0 Å². The molecule has 1 aromatic carbocycles. The van der Waals surface area contributed by atoms with Crippen LogP contribution in [0.15, 0.2) is 18.2 Å². The number of benzene rings is 1. The summed E-state index contributed by atoms with van der Waals surface area (Å²) in [7, 11) is 0. The van der Waals surface area contributed by atoms with Crippen molar-refractivity contribution < 1.29 is 0 Å². The van der Waals surface area contributed by atoms with E-state index >= 15 is 0 Å². The van der Waals surface area contributed by atoms with Crippen molar-refractivity contribution in [3.63, 3.8) is 0 Å². The highest BCUT2D eigenvalue weighted by atomic mass is 32.1. The average Bonchev–Trinajstić information content (AvgIpc) is 2.50. The fraction of sp³-hybridized carbons (Fsp3) is 0. The Morgan fingerprint density at radius 3 is 3.18 bits per heavy atom. The maximum atomic E-state index is 4.68. The maximum absolute atomic E-state index is 4.68. The molecule has 4 heteroatoms. The van der Waals surface area contributed by atoms with Gasteiger partial charge in [0.05, 0.1) is 10.9 Å². The molecule has 1 aromatic heterocycles. The molecule has 0 fully saturated rings. The second kappa shape index (κ2) is 2.39. The largest absolute Gasteiger partial charge is 0.258 e. The van der Waals surface area contributed by atoms with Crippen molar-refractivity contribution in [2.24, 2.45) is 0 Å². The Morgan fingerprint density at radius 2 is 2.36 bits per heavy atom. The Hall–Kier alpha value is -1.29. The number of H-pyrrole nitrogens is 1. The summed E-state index contributed by atoms with van der Waals surface area (Å²) in [5.74, 6) is 0. The number of hydrogen-bond acceptors (Lipinski definition) is 3. The van der Waals surface area contributed by atoms with Crippen LogP contribution in [0.3, 0.4) is 0 Å². The highest BCUT2D eigenvalue weighted by molar-refractivity contribution is 7.79. The minimum absolute atomic E-state index is 0.780. The van der Waals surface area contributed by atoms with E-state index in [1.807, 2.05) is 18.2 Å². The number of thiocarbonyl (C=S) groups is 1. The Balaban J connectivity index is 2.88. The van der Waals surface area contributed by atoms with Crippen LogP contribution in [0.25, 0.3) is 11.0 Å². The van der Waals surface area contributed by atoms with Gasteiger partial charge in [-0.25, -0.2) is 0 Å². The van der Waals surface area contributed by atoms with Crippen molar-refractivity contribution in [1.29, 1.82) is 0 Å². The highest BCUT2D eigenvalue weighted by Crippen LogP contribution is 2.10. The van der Waals surface area contributed by atoms with Crippen LogP contribution in [0.1, 0.15) is 5.56 Å². The number of nitrogens with one attached hydrogen (secondary N) is 1. The molecule has 0 aliphatic rings. The van der Waals surface area contributed by atoms with Gasteiger partial charge in [-0.05, 0) is 6.07 Å². The molecule has 0 atom stereocenters. The zero-order valence-corrected chi connectivity index (χ0v) is 6.35. The summed E-state index contributed by atoms with van der Waals surface area (Å²) < 4.78 is 0. The van der Waals surface area contributed by atoms with Crippen LogP contribution in [0.4, 0.5) is 0 Å². The zero-order chi connectivity index (χ0) is 7.68. The Bertz CT molecular complexity index is 393. The predicted molar refractivity (Wildman–Crippen MR) is 45.6 cm³/mol. The van der Waals surface area contributed by atoms with E-state index in [2.05, 4.69) is 33.0 Å². The predicted octanol–water partition coefficient (Wildman–Crippen LogP) is 1.18. The van der Waals surface area contributed by atoms with Gasteiger partial charge in [-0.2, -0.15) is 0 Å². The Labute approximate surface area is 68.4 Å². The third-order valence-corrected chi connectivity index (χ3v) is 1.69. The molecular weight excluding hydrogens is 158 g/mol. The fourth-order valence-corrected chi connectivity index (χ4v) is 1.12. The van der Waals surface area contributed by atoms with E-state index in [1.165, 1.54) is 0 Å². The monoisotopic (exact) mass is 162 g/mol. The molecule has 0 saturated carbocycles. The van der Waals surface area contributed by atoms with Crippen molar-refractivity contribution in [2.45, 2.75) is 0 Å². The lowest BCUT2D eigenvalue weighted by Crippen LogP contribution is -1.79. The fourth-order valence-electron chi connectivity index (χ4n) is 0.953. The minimum atomic E-state index is 0.780. The van der Waals surface area contributed by atoms with Crippen LogP contribution in [0.5, 0.6) is 0 Å². The molecule has 3 nitrogen and oxygen atoms in total. The average molecular weight is 162 g/mol. The van der Waals surface area contributed by atoms with Crippen molar-refractivity contribution in [3.05, 3.63) is 23.8 Å². The topological polar surface area (TPSA) is 41.6 Å². The molecule has 0 saturated heterocycles. The summed E-state index contributed by atoms with van der Waals surface area (Å²) in [4.78, 5) is 0. The number of aromatic amines is 1. The molecule has 53 valence electrons. The van der Waals surface area contributed by atoms with E-state index in [0.29, 0.717) is 0 Å². The second-order valence-electron chi connectivity index (χ2n) is 2.12. The normalized spacial score (nSPS) is 10.2. The van der Waals surface area contributed by atoms with E-state index < -0.39 is 0 Å². The number of rotatable bonds is 1. The number of nitrogens with zero attached hydrogens (tertiary/aromatic N) is 2. The van der Waals surface area contributed by atoms with Gasteiger partial charge in [-0.15, -0.1) is 5.10 Å². The van der Waals surface area contributed by atoms with Gasteiger partial charge in [-0.1, -0.05) is 29.6 Å². The molecule has 1 radical (unpaired) electrons. The summed E-state index contributed by atoms with van der Waals surface area (Å²) in [5, 5.41) is 12.9. The van der Waals surface area contributed by atoms with E-state index in [-0.39, 0.29) is 0 Å². The van der Waals surface area contributed by atoms with Gasteiger partial charge in [0.2, 0.25) is 0 Å². The summed E-state index contributed by atoms with van der Waals surface area (Å²) in [6.07, 6.45) is 0. The van der Waals surface area contributed by atoms with Gasteiger partial charge < -0.3 is 0 Å². The Kier molecular flexibility index (Phi) is 1.40. The Morgan fingerprint density at radius 1 is 1.45 bits per heavy atom. The standard InChI is InChI=1S/C7H4N3S/c11-4-5-2-1-3-6-7(5)9-10-8-6/h1-3H,(H,8,9,10). The lowest BCUT2D eigenvalue weighted by Gasteiger charge is -1.88. The molecule has 0 aliphatic carbocycles. The van der Waals surface area contributed by atoms with E-state index in [1.54, 1.807) is 0 Å². The first-order valence-corrected chi connectivity index (χ1v) is 3.50. The molecule has 0 bridgehead atoms. The van der Waals surface area contributed by atoms with Crippen molar-refractivity contribution >= 4 is 28.6 Å². The van der Waals surface area contributed by atoms with Crippen LogP contribution < -0.4 is 0 Å². The lowest BCUT2D eigenvalue weighted by atomic mass is 10.2. The van der Waals surface area contributed by atoms with Crippen LogP contribution in [0, 0.1) is 0 Å². The zero-order valence-electron chi connectivity index (χ0n) is 5.53. The van der Waals surface area contributed by atoms with Gasteiger partial charge in [0.15, 0.2) is 0 Å². The smallest absolute Gasteiger partial charge is 0.121 e. The SMILES string of the molecule is S=[C]c1cccc2[nH]nnc12. The molecule has 11 heavy (non-hydrogen) atoms. The third-order valence-electron chi connectivity index (χ3n) is 1.47. The van der Waals surface area contributed by atoms with Gasteiger partial charge in [0, 0.05) is 5.56 Å². The first-order valence-electron chi connectivity index (χ1n) is 3.10. The number of hydrogen-bond donors (Lipinski definition) is 1. The third kappa shape index (κ3) is 0.914. The van der Waals surface area contributed by atoms with E-state index in [9.17, 15) is 0 Å². The summed E-state index contributed by atoms with van der Waals surface area (Å²) in [5.41, 5.74) is 2.48. The highest BCUT2D eigenvalue weighted by Gasteiger charge is 1.99. The van der Waals surface area contributed by atoms with E-state index in [4.69, 9.17) is 0 Å². The first kappa shape index (κ1) is 6.42. The van der Waals surface area contributed by atoms with Crippen LogP contribution >= 0.6 is 12.2 Å². The summed E-state index contributed by atoms with van der Waals surface area (Å²) in [6.45, 7) is 0. The number of fused-ring (bicyclic) bond motifs is 1. The maximum Gasteiger partial charge on any atom is 0.121 e. The second-order valence-corrected chi connectivity index (χ2v) is 2.32. The molecule has 1 heterocycles. The first-order chi connectivity index (χ1) is 5.42. The minimum Gasteiger partial charge on any atom is -0.258 e. The molecule has 0 spiro atoms. The summed E-state index contributed by atoms with van der Waals surface area (Å²) >= 11 is 4.68. The molecular formula is C7H4N3S. The van der Waals surface area contributed by atoms with Crippen LogP contribution in [-0.4, -0.2) is 20.8 Å². The quantitative estimate of drug-likeness (QED) is 0.640. The molecule has 1 N–H and O–H groups in total. The molecule has 0 amide bonds. The van der Waals surface area contributed by atoms with Gasteiger partial charge in [-0.3, -0.25) is 5.10 Å². The van der Waals surface area contributed by atoms with Gasteiger partial charge >= 0.3 is 0 Å². The number of aromatic nitrogens is 3. The van der Waals surface area contributed by atoms with Gasteiger partial charge in [0.1, 0.15) is 5.52 Å². The molecule has 2 aromatic rings. The van der Waals surface area contributed by atoms with Crippen LogP contribution in [0.2, 0.25) is 0 Å². The molecule has 0 aliphatic heterocycles. The summed E-state index contributed by atoms with van der Waals surface area (Å²) in [6, 6.07) is 5.64. The van der Waals surface area contributed by atoms with Crippen molar-refractivity contribution in [1.82, 2.24) is 15.4 Å². The van der Waals surface area contributed by atoms with Crippen molar-refractivity contribution in [3.8, 4) is 0 Å². The van der Waals surface area contributed by atoms with E-state index in [0.717, 1.165) is 16.6 Å². The van der Waals surface area contributed by atoms with Crippen molar-refractivity contribution in [2.75, 3.05) is 0 Å². The van der Waals surface area contributed by atoms with Gasteiger partial charge in [0.25, 0.3) is 0 Å². The molecule has 0 unspecified atom stereocenters. The molecule has 2 rings (SSSR count). The lowest BCUT2D eigenvalue weighted by molar-refractivity contribution is 0.959.